The summed E-state index contributed by atoms with van der Waals surface area (Å²) in [4.78, 5) is 12.4. The van der Waals surface area contributed by atoms with Gasteiger partial charge in [-0.15, -0.1) is 0 Å². The third-order valence-electron chi connectivity index (χ3n) is 3.20. The van der Waals surface area contributed by atoms with E-state index < -0.39 is 11.6 Å². The molecular formula is C16H12ClFO3. The summed E-state index contributed by atoms with van der Waals surface area (Å²) in [7, 11) is 0. The third-order valence-corrected chi connectivity index (χ3v) is 3.51. The number of carbonyl (C=O) groups is 1. The standard InChI is InChI=1S/C16H12ClFO3/c17-11-3-1-4-12(18)15(11)16(19)10-5-6-13-14(9-10)21-8-2-7-20-13/h1,3-6,9H,2,7-8H2. The van der Waals surface area contributed by atoms with Crippen LogP contribution in [0.1, 0.15) is 22.3 Å². The van der Waals surface area contributed by atoms with Gasteiger partial charge in [0.2, 0.25) is 0 Å². The van der Waals surface area contributed by atoms with E-state index in [2.05, 4.69) is 0 Å². The van der Waals surface area contributed by atoms with Crippen molar-refractivity contribution in [3.63, 3.8) is 0 Å². The van der Waals surface area contributed by atoms with E-state index in [0.717, 1.165) is 6.42 Å². The first-order valence-corrected chi connectivity index (χ1v) is 6.93. The molecule has 0 atom stereocenters. The molecule has 1 heterocycles. The molecule has 1 aliphatic rings. The molecule has 3 rings (SSSR count). The van der Waals surface area contributed by atoms with Crippen LogP contribution in [0.25, 0.3) is 0 Å². The first-order chi connectivity index (χ1) is 10.2. The number of ketones is 1. The maximum atomic E-state index is 13.8. The number of carbonyl (C=O) groups excluding carboxylic acids is 1. The number of halogens is 2. The molecule has 1 aliphatic heterocycles. The van der Waals surface area contributed by atoms with Gasteiger partial charge in [-0.3, -0.25) is 4.79 Å². The van der Waals surface area contributed by atoms with E-state index in [1.54, 1.807) is 18.2 Å². The average molecular weight is 307 g/mol. The number of benzene rings is 2. The van der Waals surface area contributed by atoms with E-state index >= 15 is 0 Å². The Hall–Kier alpha value is -2.07. The van der Waals surface area contributed by atoms with Crippen LogP contribution in [0.4, 0.5) is 4.39 Å². The Labute approximate surface area is 126 Å². The number of fused-ring (bicyclic) bond motifs is 1. The topological polar surface area (TPSA) is 35.5 Å². The highest BCUT2D eigenvalue weighted by Gasteiger charge is 2.20. The lowest BCUT2D eigenvalue weighted by molar-refractivity contribution is 0.103. The Balaban J connectivity index is 2.01. The van der Waals surface area contributed by atoms with Crippen molar-refractivity contribution in [1.29, 1.82) is 0 Å². The van der Waals surface area contributed by atoms with E-state index in [9.17, 15) is 9.18 Å². The fourth-order valence-corrected chi connectivity index (χ4v) is 2.41. The van der Waals surface area contributed by atoms with Gasteiger partial charge in [-0.1, -0.05) is 17.7 Å². The van der Waals surface area contributed by atoms with Crippen molar-refractivity contribution in [3.05, 3.63) is 58.4 Å². The first-order valence-electron chi connectivity index (χ1n) is 6.55. The average Bonchev–Trinajstić information content (AvgIpc) is 2.71. The highest BCUT2D eigenvalue weighted by atomic mass is 35.5. The SMILES string of the molecule is O=C(c1ccc2c(c1)OCCCO2)c1c(F)cccc1Cl. The van der Waals surface area contributed by atoms with Crippen LogP contribution in [0.5, 0.6) is 11.5 Å². The number of hydrogen-bond donors (Lipinski definition) is 0. The maximum Gasteiger partial charge on any atom is 0.197 e. The molecule has 0 saturated heterocycles. The molecule has 0 bridgehead atoms. The molecule has 0 N–H and O–H groups in total. The smallest absolute Gasteiger partial charge is 0.197 e. The Kier molecular flexibility index (Phi) is 3.80. The summed E-state index contributed by atoms with van der Waals surface area (Å²) in [6, 6.07) is 8.96. The van der Waals surface area contributed by atoms with Crippen molar-refractivity contribution < 1.29 is 18.7 Å². The van der Waals surface area contributed by atoms with Crippen LogP contribution in [0.2, 0.25) is 5.02 Å². The molecular weight excluding hydrogens is 295 g/mol. The van der Waals surface area contributed by atoms with Crippen molar-refractivity contribution >= 4 is 17.4 Å². The zero-order chi connectivity index (χ0) is 14.8. The summed E-state index contributed by atoms with van der Waals surface area (Å²) >= 11 is 5.93. The van der Waals surface area contributed by atoms with Crippen LogP contribution in [0.3, 0.4) is 0 Å². The zero-order valence-electron chi connectivity index (χ0n) is 11.1. The van der Waals surface area contributed by atoms with Gasteiger partial charge >= 0.3 is 0 Å². The van der Waals surface area contributed by atoms with Crippen LogP contribution in [0.15, 0.2) is 36.4 Å². The summed E-state index contributed by atoms with van der Waals surface area (Å²) in [5.41, 5.74) is 0.180. The van der Waals surface area contributed by atoms with Crippen LogP contribution < -0.4 is 9.47 Å². The monoisotopic (exact) mass is 306 g/mol. The highest BCUT2D eigenvalue weighted by Crippen LogP contribution is 2.32. The molecule has 21 heavy (non-hydrogen) atoms. The molecule has 3 nitrogen and oxygen atoms in total. The molecule has 5 heteroatoms. The lowest BCUT2D eigenvalue weighted by atomic mass is 10.0. The molecule has 2 aromatic rings. The molecule has 0 aliphatic carbocycles. The minimum Gasteiger partial charge on any atom is -0.490 e. The van der Waals surface area contributed by atoms with E-state index in [1.807, 2.05) is 0 Å². The van der Waals surface area contributed by atoms with Gasteiger partial charge in [0, 0.05) is 12.0 Å². The van der Waals surface area contributed by atoms with Gasteiger partial charge in [0.05, 0.1) is 23.8 Å². The molecule has 0 aromatic heterocycles. The van der Waals surface area contributed by atoms with Crippen LogP contribution in [-0.2, 0) is 0 Å². The highest BCUT2D eigenvalue weighted by molar-refractivity contribution is 6.35. The minimum absolute atomic E-state index is 0.0899. The van der Waals surface area contributed by atoms with Gasteiger partial charge in [0.15, 0.2) is 17.3 Å². The third kappa shape index (κ3) is 2.72. The first kappa shape index (κ1) is 13.9. The summed E-state index contributed by atoms with van der Waals surface area (Å²) in [5.74, 6) is -0.0390. The van der Waals surface area contributed by atoms with Crippen LogP contribution in [-0.4, -0.2) is 19.0 Å². The molecule has 2 aromatic carbocycles. The Morgan fingerprint density at radius 2 is 1.86 bits per heavy atom. The molecule has 108 valence electrons. The van der Waals surface area contributed by atoms with Crippen molar-refractivity contribution in [2.24, 2.45) is 0 Å². The normalized spacial score (nSPS) is 13.6. The van der Waals surface area contributed by atoms with Gasteiger partial charge in [-0.05, 0) is 30.3 Å². The van der Waals surface area contributed by atoms with Crippen LogP contribution in [0, 0.1) is 5.82 Å². The molecule has 0 fully saturated rings. The van der Waals surface area contributed by atoms with Gasteiger partial charge in [0.25, 0.3) is 0 Å². The lowest BCUT2D eigenvalue weighted by Crippen LogP contribution is -2.06. The fourth-order valence-electron chi connectivity index (χ4n) is 2.16. The second-order valence-electron chi connectivity index (χ2n) is 4.64. The molecule has 0 unspecified atom stereocenters. The summed E-state index contributed by atoms with van der Waals surface area (Å²) in [6.07, 6.45) is 0.775. The summed E-state index contributed by atoms with van der Waals surface area (Å²) in [5, 5.41) is 0.0899. The lowest BCUT2D eigenvalue weighted by Gasteiger charge is -2.10. The second kappa shape index (κ2) is 5.74. The van der Waals surface area contributed by atoms with E-state index in [0.29, 0.717) is 30.3 Å². The van der Waals surface area contributed by atoms with Gasteiger partial charge < -0.3 is 9.47 Å². The van der Waals surface area contributed by atoms with E-state index in [1.165, 1.54) is 18.2 Å². The van der Waals surface area contributed by atoms with Crippen molar-refractivity contribution in [1.82, 2.24) is 0 Å². The molecule has 0 amide bonds. The molecule has 0 radical (unpaired) electrons. The predicted molar refractivity (Wildman–Crippen MR) is 76.9 cm³/mol. The van der Waals surface area contributed by atoms with Gasteiger partial charge in [-0.2, -0.15) is 0 Å². The maximum absolute atomic E-state index is 13.8. The number of rotatable bonds is 2. The van der Waals surface area contributed by atoms with Gasteiger partial charge in [0.1, 0.15) is 5.82 Å². The fraction of sp³-hybridized carbons (Fsp3) is 0.188. The van der Waals surface area contributed by atoms with Gasteiger partial charge in [-0.25, -0.2) is 4.39 Å². The van der Waals surface area contributed by atoms with E-state index in [-0.39, 0.29) is 10.6 Å². The second-order valence-corrected chi connectivity index (χ2v) is 5.04. The number of ether oxygens (including phenoxy) is 2. The van der Waals surface area contributed by atoms with Crippen molar-refractivity contribution in [2.75, 3.05) is 13.2 Å². The summed E-state index contributed by atoms with van der Waals surface area (Å²) in [6.45, 7) is 1.09. The summed E-state index contributed by atoms with van der Waals surface area (Å²) < 4.78 is 24.9. The van der Waals surface area contributed by atoms with Crippen LogP contribution >= 0.6 is 11.6 Å². The Bertz CT molecular complexity index is 680. The van der Waals surface area contributed by atoms with Crippen molar-refractivity contribution in [3.8, 4) is 11.5 Å². The Morgan fingerprint density at radius 1 is 1.10 bits per heavy atom. The van der Waals surface area contributed by atoms with Crippen molar-refractivity contribution in [2.45, 2.75) is 6.42 Å². The molecule has 0 saturated carbocycles. The quantitative estimate of drug-likeness (QED) is 0.790. The van der Waals surface area contributed by atoms with E-state index in [4.69, 9.17) is 21.1 Å². The molecule has 0 spiro atoms. The predicted octanol–water partition coefficient (Wildman–Crippen LogP) is 3.87. The largest absolute Gasteiger partial charge is 0.490 e. The zero-order valence-corrected chi connectivity index (χ0v) is 11.8. The minimum atomic E-state index is -0.639. The number of hydrogen-bond acceptors (Lipinski definition) is 3. The Morgan fingerprint density at radius 3 is 2.62 bits per heavy atom.